The van der Waals surface area contributed by atoms with Gasteiger partial charge in [0.25, 0.3) is 5.91 Å². The number of hydrogen-bond donors (Lipinski definition) is 1. The summed E-state index contributed by atoms with van der Waals surface area (Å²) in [5.74, 6) is 0.0508. The first-order valence-electron chi connectivity index (χ1n) is 10.5. The van der Waals surface area contributed by atoms with Gasteiger partial charge in [-0.25, -0.2) is 9.37 Å². The zero-order valence-corrected chi connectivity index (χ0v) is 18.4. The van der Waals surface area contributed by atoms with Crippen molar-refractivity contribution in [3.8, 4) is 0 Å². The van der Waals surface area contributed by atoms with Crippen molar-refractivity contribution in [3.05, 3.63) is 88.0 Å². The Balaban J connectivity index is 1.52. The van der Waals surface area contributed by atoms with Crippen LogP contribution in [0.1, 0.15) is 45.8 Å². The molecule has 0 atom stereocenters. The van der Waals surface area contributed by atoms with Crippen molar-refractivity contribution in [3.63, 3.8) is 0 Å². The summed E-state index contributed by atoms with van der Waals surface area (Å²) >= 11 is 6.26. The standard InChI is InChI=1S/C25H25ClFN3O/c1-16-3-9-21(10-4-16)29-23-17(2)24(26)28-15-22(23)25(31)30-13-11-19(12-14-30)18-5-7-20(27)8-6-18/h3-10,15,19H,11-14H2,1-2H3,(H,28,29). The van der Waals surface area contributed by atoms with Crippen molar-refractivity contribution in [2.45, 2.75) is 32.6 Å². The van der Waals surface area contributed by atoms with E-state index >= 15 is 0 Å². The summed E-state index contributed by atoms with van der Waals surface area (Å²) in [7, 11) is 0. The molecule has 1 aromatic heterocycles. The van der Waals surface area contributed by atoms with Gasteiger partial charge in [-0.3, -0.25) is 4.79 Å². The van der Waals surface area contributed by atoms with Crippen LogP contribution in [0.4, 0.5) is 15.8 Å². The topological polar surface area (TPSA) is 45.2 Å². The lowest BCUT2D eigenvalue weighted by atomic mass is 9.89. The van der Waals surface area contributed by atoms with Gasteiger partial charge in [-0.2, -0.15) is 0 Å². The van der Waals surface area contributed by atoms with Gasteiger partial charge in [0.05, 0.1) is 11.3 Å². The molecule has 1 aliphatic rings. The first-order valence-corrected chi connectivity index (χ1v) is 10.8. The fourth-order valence-corrected chi connectivity index (χ4v) is 4.16. The molecule has 0 bridgehead atoms. The largest absolute Gasteiger partial charge is 0.355 e. The summed E-state index contributed by atoms with van der Waals surface area (Å²) in [6.45, 7) is 5.19. The number of pyridine rings is 1. The number of hydrogen-bond acceptors (Lipinski definition) is 3. The number of anilines is 2. The minimum absolute atomic E-state index is 0.0561. The number of piperidine rings is 1. The van der Waals surface area contributed by atoms with Crippen LogP contribution in [0.5, 0.6) is 0 Å². The van der Waals surface area contributed by atoms with Gasteiger partial charge in [-0.1, -0.05) is 41.4 Å². The van der Waals surface area contributed by atoms with E-state index in [2.05, 4.69) is 10.3 Å². The van der Waals surface area contributed by atoms with Gasteiger partial charge in [-0.05, 0) is 62.4 Å². The highest BCUT2D eigenvalue weighted by Crippen LogP contribution is 2.32. The number of likely N-dealkylation sites (tertiary alicyclic amines) is 1. The number of benzene rings is 2. The van der Waals surface area contributed by atoms with Gasteiger partial charge >= 0.3 is 0 Å². The maximum atomic E-state index is 13.4. The normalized spacial score (nSPS) is 14.5. The molecular formula is C25H25ClFN3O. The van der Waals surface area contributed by atoms with Crippen LogP contribution < -0.4 is 5.32 Å². The van der Waals surface area contributed by atoms with Gasteiger partial charge in [0.2, 0.25) is 0 Å². The Bertz CT molecular complexity index is 1080. The number of aryl methyl sites for hydroxylation is 1. The molecule has 1 N–H and O–H groups in total. The van der Waals surface area contributed by atoms with Crippen molar-refractivity contribution >= 4 is 28.9 Å². The molecule has 160 valence electrons. The number of rotatable bonds is 4. The molecular weight excluding hydrogens is 413 g/mol. The van der Waals surface area contributed by atoms with Crippen LogP contribution in [0.15, 0.2) is 54.7 Å². The van der Waals surface area contributed by atoms with E-state index < -0.39 is 0 Å². The van der Waals surface area contributed by atoms with E-state index in [4.69, 9.17) is 11.6 Å². The molecule has 4 rings (SSSR count). The van der Waals surface area contributed by atoms with E-state index in [0.29, 0.717) is 35.4 Å². The van der Waals surface area contributed by atoms with E-state index in [1.54, 1.807) is 6.20 Å². The Kier molecular flexibility index (Phi) is 6.23. The predicted molar refractivity (Wildman–Crippen MR) is 123 cm³/mol. The van der Waals surface area contributed by atoms with Gasteiger partial charge in [0, 0.05) is 30.5 Å². The zero-order chi connectivity index (χ0) is 22.0. The van der Waals surface area contributed by atoms with Crippen LogP contribution in [-0.2, 0) is 0 Å². The Labute approximate surface area is 187 Å². The monoisotopic (exact) mass is 437 g/mol. The average molecular weight is 438 g/mol. The number of aromatic nitrogens is 1. The molecule has 1 aliphatic heterocycles. The third kappa shape index (κ3) is 4.72. The number of halogens is 2. The lowest BCUT2D eigenvalue weighted by Crippen LogP contribution is -2.38. The Morgan fingerprint density at radius 2 is 1.71 bits per heavy atom. The van der Waals surface area contributed by atoms with Gasteiger partial charge in [0.1, 0.15) is 11.0 Å². The summed E-state index contributed by atoms with van der Waals surface area (Å²) in [6.07, 6.45) is 3.25. The van der Waals surface area contributed by atoms with Crippen LogP contribution >= 0.6 is 11.6 Å². The first-order chi connectivity index (χ1) is 14.9. The molecule has 1 amide bonds. The maximum Gasteiger partial charge on any atom is 0.257 e. The minimum atomic E-state index is -0.226. The van der Waals surface area contributed by atoms with Gasteiger partial charge < -0.3 is 10.2 Å². The first kappa shape index (κ1) is 21.3. The number of nitrogens with zero attached hydrogens (tertiary/aromatic N) is 2. The van der Waals surface area contributed by atoms with Crippen LogP contribution in [0.3, 0.4) is 0 Å². The molecule has 0 unspecified atom stereocenters. The van der Waals surface area contributed by atoms with Crippen molar-refractivity contribution in [2.24, 2.45) is 0 Å². The molecule has 0 saturated carbocycles. The van der Waals surface area contributed by atoms with Crippen molar-refractivity contribution in [1.29, 1.82) is 0 Å². The molecule has 31 heavy (non-hydrogen) atoms. The number of amides is 1. The highest BCUT2D eigenvalue weighted by Gasteiger charge is 2.27. The van der Waals surface area contributed by atoms with Crippen molar-refractivity contribution < 1.29 is 9.18 Å². The van der Waals surface area contributed by atoms with Crippen LogP contribution in [0.25, 0.3) is 0 Å². The summed E-state index contributed by atoms with van der Waals surface area (Å²) in [4.78, 5) is 19.5. The fourth-order valence-electron chi connectivity index (χ4n) is 4.01. The Hall–Kier alpha value is -2.92. The summed E-state index contributed by atoms with van der Waals surface area (Å²) in [5, 5.41) is 3.74. The SMILES string of the molecule is Cc1ccc(Nc2c(C(=O)N3CCC(c4ccc(F)cc4)CC3)cnc(Cl)c2C)cc1. The number of carbonyl (C=O) groups is 1. The summed E-state index contributed by atoms with van der Waals surface area (Å²) < 4.78 is 13.2. The Morgan fingerprint density at radius 3 is 2.35 bits per heavy atom. The average Bonchev–Trinajstić information content (AvgIpc) is 2.79. The van der Waals surface area contributed by atoms with Crippen LogP contribution in [-0.4, -0.2) is 28.9 Å². The summed E-state index contributed by atoms with van der Waals surface area (Å²) in [6, 6.07) is 14.7. The molecule has 2 heterocycles. The fraction of sp³-hybridized carbons (Fsp3) is 0.280. The van der Waals surface area contributed by atoms with Crippen LogP contribution in [0, 0.1) is 19.7 Å². The van der Waals surface area contributed by atoms with E-state index in [9.17, 15) is 9.18 Å². The molecule has 0 spiro atoms. The maximum absolute atomic E-state index is 13.4. The molecule has 1 fully saturated rings. The molecule has 3 aromatic rings. The third-order valence-corrected chi connectivity index (χ3v) is 6.32. The van der Waals surface area contributed by atoms with E-state index in [1.165, 1.54) is 12.1 Å². The smallest absolute Gasteiger partial charge is 0.257 e. The molecule has 0 radical (unpaired) electrons. The highest BCUT2D eigenvalue weighted by molar-refractivity contribution is 6.30. The van der Waals surface area contributed by atoms with E-state index in [-0.39, 0.29) is 11.7 Å². The zero-order valence-electron chi connectivity index (χ0n) is 17.7. The number of carbonyl (C=O) groups excluding carboxylic acids is 1. The van der Waals surface area contributed by atoms with Crippen LogP contribution in [0.2, 0.25) is 5.15 Å². The van der Waals surface area contributed by atoms with Crippen molar-refractivity contribution in [1.82, 2.24) is 9.88 Å². The second-order valence-electron chi connectivity index (χ2n) is 8.07. The minimum Gasteiger partial charge on any atom is -0.355 e. The quantitative estimate of drug-likeness (QED) is 0.490. The lowest BCUT2D eigenvalue weighted by molar-refractivity contribution is 0.0713. The summed E-state index contributed by atoms with van der Waals surface area (Å²) in [5.41, 5.74) is 5.13. The molecule has 2 aromatic carbocycles. The molecule has 6 heteroatoms. The lowest BCUT2D eigenvalue weighted by Gasteiger charge is -2.33. The van der Waals surface area contributed by atoms with E-state index in [1.807, 2.05) is 55.1 Å². The Morgan fingerprint density at radius 1 is 1.06 bits per heavy atom. The molecule has 1 saturated heterocycles. The predicted octanol–water partition coefficient (Wildman–Crippen LogP) is 6.25. The second-order valence-corrected chi connectivity index (χ2v) is 8.43. The second kappa shape index (κ2) is 9.06. The molecule has 4 nitrogen and oxygen atoms in total. The number of nitrogens with one attached hydrogen (secondary N) is 1. The van der Waals surface area contributed by atoms with Crippen molar-refractivity contribution in [2.75, 3.05) is 18.4 Å². The van der Waals surface area contributed by atoms with Gasteiger partial charge in [-0.15, -0.1) is 0 Å². The highest BCUT2D eigenvalue weighted by atomic mass is 35.5. The van der Waals surface area contributed by atoms with E-state index in [0.717, 1.165) is 35.2 Å². The third-order valence-electron chi connectivity index (χ3n) is 5.94. The van der Waals surface area contributed by atoms with Gasteiger partial charge in [0.15, 0.2) is 0 Å². The molecule has 0 aliphatic carbocycles.